The van der Waals surface area contributed by atoms with E-state index in [2.05, 4.69) is 132 Å². The Bertz CT molecular complexity index is 2780. The van der Waals surface area contributed by atoms with Crippen LogP contribution in [0.5, 0.6) is 0 Å². The van der Waals surface area contributed by atoms with Gasteiger partial charge in [0.15, 0.2) is 0 Å². The Balaban J connectivity index is 1.22. The van der Waals surface area contributed by atoms with Crippen LogP contribution in [0.15, 0.2) is 164 Å². The first kappa shape index (κ1) is 26.0. The Hall–Kier alpha value is -5.97. The predicted octanol–water partition coefficient (Wildman–Crippen LogP) is 12.3. The molecule has 9 aromatic rings. The van der Waals surface area contributed by atoms with Crippen molar-refractivity contribution >= 4 is 70.2 Å². The average Bonchev–Trinajstić information content (AvgIpc) is 3.77. The Morgan fingerprint density at radius 2 is 1.31 bits per heavy atom. The number of benzene rings is 7. The minimum atomic E-state index is -1.72. The summed E-state index contributed by atoms with van der Waals surface area (Å²) < 4.78 is 19.2. The smallest absolute Gasteiger partial charge is 0.132 e. The van der Waals surface area contributed by atoms with Crippen molar-refractivity contribution in [2.75, 3.05) is 10.2 Å². The van der Waals surface area contributed by atoms with Crippen molar-refractivity contribution in [1.82, 2.24) is 4.98 Å². The highest BCUT2D eigenvalue weighted by molar-refractivity contribution is 7.25. The number of anilines is 3. The zero-order valence-electron chi connectivity index (χ0n) is 28.5. The second-order valence-corrected chi connectivity index (χ2v) is 13.5. The molecule has 7 aromatic carbocycles. The van der Waals surface area contributed by atoms with E-state index < -0.39 is 6.37 Å². The molecule has 0 amide bonds. The maximum atomic E-state index is 9.01. The lowest BCUT2D eigenvalue weighted by molar-refractivity contribution is 0.841. The third-order valence-electron chi connectivity index (χ3n) is 9.67. The molecule has 0 aliphatic carbocycles. The van der Waals surface area contributed by atoms with Gasteiger partial charge < -0.3 is 10.2 Å². The lowest BCUT2D eigenvalue weighted by atomic mass is 9.96. The summed E-state index contributed by atoms with van der Waals surface area (Å²) in [6.07, 6.45) is -1.95. The third kappa shape index (κ3) is 4.60. The van der Waals surface area contributed by atoms with Crippen LogP contribution >= 0.6 is 11.3 Å². The van der Waals surface area contributed by atoms with Crippen LogP contribution in [0.3, 0.4) is 0 Å². The van der Waals surface area contributed by atoms with Gasteiger partial charge >= 0.3 is 0 Å². The summed E-state index contributed by atoms with van der Waals surface area (Å²) in [6.45, 7) is 0. The van der Waals surface area contributed by atoms with Crippen molar-refractivity contribution in [2.45, 2.75) is 12.5 Å². The van der Waals surface area contributed by atoms with Crippen LogP contribution in [0, 0.1) is 0 Å². The molecule has 0 radical (unpaired) electrons. The highest BCUT2D eigenvalue weighted by Crippen LogP contribution is 2.54. The predicted molar refractivity (Wildman–Crippen MR) is 208 cm³/mol. The lowest BCUT2D eigenvalue weighted by Gasteiger charge is -2.31. The molecule has 1 aliphatic heterocycles. The van der Waals surface area contributed by atoms with E-state index in [9.17, 15) is 0 Å². The Morgan fingerprint density at radius 3 is 2.14 bits per heavy atom. The standard InChI is InChI=1S/C45H31N3S/c1-3-12-29(13-4-1)28-33-24-26-38-37-20-11-21-39(43(37)49-45(38)46-33)44-47-41-34-18-9-7-16-31(34)23-27-40(41)48(44)42-35-19-10-8-17-32(35)22-25-36(42)30-14-5-2-6-15-30/h1-27,44,47H,28H2/i28D2. The monoisotopic (exact) mass is 647 g/mol. The van der Waals surface area contributed by atoms with E-state index in [0.29, 0.717) is 11.3 Å². The number of aromatic nitrogens is 1. The van der Waals surface area contributed by atoms with Crippen LogP contribution in [0.2, 0.25) is 0 Å². The summed E-state index contributed by atoms with van der Waals surface area (Å²) in [7, 11) is 0. The second-order valence-electron chi connectivity index (χ2n) is 12.5. The highest BCUT2D eigenvalue weighted by atomic mass is 32.1. The number of hydrogen-bond acceptors (Lipinski definition) is 4. The van der Waals surface area contributed by atoms with Gasteiger partial charge in [0.2, 0.25) is 0 Å². The molecule has 0 bridgehead atoms. The molecule has 1 N–H and O–H groups in total. The van der Waals surface area contributed by atoms with E-state index >= 15 is 0 Å². The number of rotatable bonds is 5. The number of nitrogens with zero attached hydrogens (tertiary/aromatic N) is 2. The van der Waals surface area contributed by atoms with Crippen molar-refractivity contribution in [2.24, 2.45) is 0 Å². The second kappa shape index (κ2) is 11.3. The zero-order chi connectivity index (χ0) is 34.1. The molecule has 49 heavy (non-hydrogen) atoms. The van der Waals surface area contributed by atoms with Crippen LogP contribution in [0.4, 0.5) is 17.1 Å². The molecule has 3 nitrogen and oxygen atoms in total. The third-order valence-corrected chi connectivity index (χ3v) is 10.8. The van der Waals surface area contributed by atoms with Crippen molar-refractivity contribution in [3.05, 3.63) is 181 Å². The van der Waals surface area contributed by atoms with Gasteiger partial charge in [0.05, 0.1) is 17.1 Å². The Labute approximate surface area is 291 Å². The van der Waals surface area contributed by atoms with Crippen LogP contribution in [-0.2, 0) is 6.37 Å². The molecule has 0 saturated carbocycles. The summed E-state index contributed by atoms with van der Waals surface area (Å²) in [4.78, 5) is 8.32. The fourth-order valence-corrected chi connectivity index (χ4v) is 8.65. The Kier molecular flexibility index (Phi) is 6.02. The van der Waals surface area contributed by atoms with Gasteiger partial charge in [-0.3, -0.25) is 0 Å². The summed E-state index contributed by atoms with van der Waals surface area (Å²) in [5, 5.41) is 10.9. The van der Waals surface area contributed by atoms with Gasteiger partial charge in [-0.15, -0.1) is 11.3 Å². The van der Waals surface area contributed by atoms with Gasteiger partial charge in [-0.1, -0.05) is 146 Å². The molecule has 3 heterocycles. The summed E-state index contributed by atoms with van der Waals surface area (Å²) in [5.74, 6) is 0. The van der Waals surface area contributed by atoms with Crippen LogP contribution < -0.4 is 10.2 Å². The van der Waals surface area contributed by atoms with Gasteiger partial charge in [0.1, 0.15) is 11.0 Å². The summed E-state index contributed by atoms with van der Waals surface area (Å²) in [5.41, 5.74) is 7.88. The molecule has 0 saturated heterocycles. The van der Waals surface area contributed by atoms with E-state index in [1.165, 1.54) is 27.1 Å². The van der Waals surface area contributed by atoms with Gasteiger partial charge in [-0.2, -0.15) is 0 Å². The molecule has 1 atom stereocenters. The van der Waals surface area contributed by atoms with Gasteiger partial charge in [0.25, 0.3) is 0 Å². The molecule has 232 valence electrons. The van der Waals surface area contributed by atoms with Crippen LogP contribution in [0.1, 0.15) is 25.7 Å². The first-order chi connectivity index (χ1) is 25.1. The van der Waals surface area contributed by atoms with Gasteiger partial charge in [0, 0.05) is 52.2 Å². The topological polar surface area (TPSA) is 28.2 Å². The number of fused-ring (bicyclic) bond motifs is 7. The number of hydrogen-bond donors (Lipinski definition) is 1. The van der Waals surface area contributed by atoms with Crippen molar-refractivity contribution in [1.29, 1.82) is 0 Å². The molecule has 2 aromatic heterocycles. The largest absolute Gasteiger partial charge is 0.359 e. The van der Waals surface area contributed by atoms with Crippen molar-refractivity contribution in [3.8, 4) is 11.1 Å². The van der Waals surface area contributed by atoms with Gasteiger partial charge in [-0.05, 0) is 40.1 Å². The fraction of sp³-hybridized carbons (Fsp3) is 0.0444. The maximum absolute atomic E-state index is 9.01. The molecule has 1 aliphatic rings. The maximum Gasteiger partial charge on any atom is 0.132 e. The number of nitrogens with one attached hydrogen (secondary N) is 1. The highest BCUT2D eigenvalue weighted by Gasteiger charge is 2.36. The van der Waals surface area contributed by atoms with Crippen molar-refractivity contribution in [3.63, 3.8) is 0 Å². The molecule has 10 rings (SSSR count). The van der Waals surface area contributed by atoms with E-state index in [1.807, 2.05) is 42.5 Å². The molecular formula is C45H31N3S. The van der Waals surface area contributed by atoms with E-state index in [4.69, 9.17) is 7.73 Å². The van der Waals surface area contributed by atoms with Gasteiger partial charge in [-0.25, -0.2) is 4.98 Å². The summed E-state index contributed by atoms with van der Waals surface area (Å²) >= 11 is 1.64. The summed E-state index contributed by atoms with van der Waals surface area (Å²) in [6, 6.07) is 56.6. The Morgan fingerprint density at radius 1 is 0.612 bits per heavy atom. The molecule has 0 fully saturated rings. The average molecular weight is 648 g/mol. The van der Waals surface area contributed by atoms with E-state index in [1.54, 1.807) is 11.3 Å². The van der Waals surface area contributed by atoms with Crippen LogP contribution in [-0.4, -0.2) is 4.98 Å². The molecule has 1 unspecified atom stereocenters. The number of pyridine rings is 1. The van der Waals surface area contributed by atoms with E-state index in [-0.39, 0.29) is 6.17 Å². The molecule has 0 spiro atoms. The van der Waals surface area contributed by atoms with Crippen molar-refractivity contribution < 1.29 is 2.74 Å². The number of thiophene rings is 1. The fourth-order valence-electron chi connectivity index (χ4n) is 7.44. The SMILES string of the molecule is [2H]C([2H])(c1ccccc1)c1ccc2c(n1)sc1c(C3Nc4c(ccc5ccccc45)N3c3c(-c4ccccc4)ccc4ccccc34)cccc12. The first-order valence-corrected chi connectivity index (χ1v) is 17.4. The normalized spacial score (nSPS) is 15.0. The quantitative estimate of drug-likeness (QED) is 0.201. The zero-order valence-corrected chi connectivity index (χ0v) is 27.3. The minimum absolute atomic E-state index is 0.230. The lowest BCUT2D eigenvalue weighted by Crippen LogP contribution is -2.24. The first-order valence-electron chi connectivity index (χ1n) is 17.6. The minimum Gasteiger partial charge on any atom is -0.359 e. The molecular weight excluding hydrogens is 615 g/mol. The molecule has 4 heteroatoms. The van der Waals surface area contributed by atoms with E-state index in [0.717, 1.165) is 48.5 Å². The van der Waals surface area contributed by atoms with Crippen LogP contribution in [0.25, 0.3) is 53.0 Å².